The van der Waals surface area contributed by atoms with Crippen molar-refractivity contribution in [2.24, 2.45) is 5.73 Å². The van der Waals surface area contributed by atoms with E-state index in [4.69, 9.17) is 10.8 Å². The van der Waals surface area contributed by atoms with Gasteiger partial charge in [-0.1, -0.05) is 25.5 Å². The summed E-state index contributed by atoms with van der Waals surface area (Å²) in [6.45, 7) is 2.13. The zero-order valence-electron chi connectivity index (χ0n) is 12.2. The Morgan fingerprint density at radius 1 is 1.33 bits per heavy atom. The molecule has 5 nitrogen and oxygen atoms in total. The summed E-state index contributed by atoms with van der Waals surface area (Å²) in [6, 6.07) is 6.96. The number of amides is 1. The van der Waals surface area contributed by atoms with Crippen molar-refractivity contribution in [2.45, 2.75) is 32.2 Å². The number of nitrogens with one attached hydrogen (secondary N) is 1. The normalized spacial score (nSPS) is 11.9. The predicted molar refractivity (Wildman–Crippen MR) is 86.6 cm³/mol. The van der Waals surface area contributed by atoms with Crippen molar-refractivity contribution < 1.29 is 14.7 Å². The number of hydrogen-bond acceptors (Lipinski definition) is 4. The second kappa shape index (κ2) is 9.41. The molecule has 0 aliphatic rings. The minimum atomic E-state index is -1.01. The molecule has 4 N–H and O–H groups in total. The highest BCUT2D eigenvalue weighted by Gasteiger charge is 2.11. The molecule has 1 atom stereocenters. The Balaban J connectivity index is 2.25. The van der Waals surface area contributed by atoms with Crippen molar-refractivity contribution in [1.82, 2.24) is 0 Å². The average molecular weight is 310 g/mol. The molecule has 0 saturated heterocycles. The molecule has 1 amide bonds. The van der Waals surface area contributed by atoms with Crippen LogP contribution in [0.2, 0.25) is 0 Å². The summed E-state index contributed by atoms with van der Waals surface area (Å²) in [5.74, 6) is -0.251. The number of anilines is 1. The van der Waals surface area contributed by atoms with E-state index in [0.717, 1.165) is 18.5 Å². The minimum absolute atomic E-state index is 0.0906. The highest BCUT2D eigenvalue weighted by Crippen LogP contribution is 2.12. The van der Waals surface area contributed by atoms with Gasteiger partial charge >= 0.3 is 5.97 Å². The Bertz CT molecular complexity index is 462. The first-order valence-corrected chi connectivity index (χ1v) is 8.13. The van der Waals surface area contributed by atoms with Crippen molar-refractivity contribution in [2.75, 3.05) is 16.8 Å². The molecule has 0 aromatic heterocycles. The largest absolute Gasteiger partial charge is 0.480 e. The molecule has 0 bridgehead atoms. The molecule has 1 rings (SSSR count). The van der Waals surface area contributed by atoms with Gasteiger partial charge in [-0.05, 0) is 36.3 Å². The van der Waals surface area contributed by atoms with Crippen LogP contribution in [-0.4, -0.2) is 34.5 Å². The lowest BCUT2D eigenvalue weighted by Gasteiger charge is -2.07. The highest BCUT2D eigenvalue weighted by molar-refractivity contribution is 7.99. The SMILES string of the molecule is CCCc1ccc(NC(=O)CSCCC(N)C(=O)O)cc1. The van der Waals surface area contributed by atoms with Gasteiger partial charge in [0.05, 0.1) is 5.75 Å². The third kappa shape index (κ3) is 7.15. The second-order valence-corrected chi connectivity index (χ2v) is 5.89. The van der Waals surface area contributed by atoms with E-state index >= 15 is 0 Å². The van der Waals surface area contributed by atoms with Gasteiger partial charge in [-0.3, -0.25) is 9.59 Å². The molecule has 0 fully saturated rings. The molecular weight excluding hydrogens is 288 g/mol. The zero-order chi connectivity index (χ0) is 15.7. The lowest BCUT2D eigenvalue weighted by atomic mass is 10.1. The van der Waals surface area contributed by atoms with Crippen LogP contribution in [0.25, 0.3) is 0 Å². The van der Waals surface area contributed by atoms with E-state index in [1.54, 1.807) is 0 Å². The van der Waals surface area contributed by atoms with Crippen molar-refractivity contribution in [3.63, 3.8) is 0 Å². The molecule has 21 heavy (non-hydrogen) atoms. The van der Waals surface area contributed by atoms with Crippen LogP contribution in [0.5, 0.6) is 0 Å². The summed E-state index contributed by atoms with van der Waals surface area (Å²) >= 11 is 1.38. The number of carboxylic acids is 1. The maximum atomic E-state index is 11.7. The summed E-state index contributed by atoms with van der Waals surface area (Å²) in [4.78, 5) is 22.3. The second-order valence-electron chi connectivity index (χ2n) is 4.78. The standard InChI is InChI=1S/C15H22N2O3S/c1-2-3-11-4-6-12(7-5-11)17-14(18)10-21-9-8-13(16)15(19)20/h4-7,13H,2-3,8-10,16H2,1H3,(H,17,18)(H,19,20). The lowest BCUT2D eigenvalue weighted by Crippen LogP contribution is -2.30. The number of carbonyl (C=O) groups is 2. The molecule has 1 unspecified atom stereocenters. The summed E-state index contributed by atoms with van der Waals surface area (Å²) < 4.78 is 0. The van der Waals surface area contributed by atoms with Crippen molar-refractivity contribution in [1.29, 1.82) is 0 Å². The Kier molecular flexibility index (Phi) is 7.85. The third-order valence-corrected chi connectivity index (χ3v) is 3.89. The number of carbonyl (C=O) groups excluding carboxylic acids is 1. The van der Waals surface area contributed by atoms with E-state index in [0.29, 0.717) is 17.9 Å². The monoisotopic (exact) mass is 310 g/mol. The number of aliphatic carboxylic acids is 1. The van der Waals surface area contributed by atoms with Crippen LogP contribution in [0, 0.1) is 0 Å². The van der Waals surface area contributed by atoms with Crippen LogP contribution in [0.1, 0.15) is 25.3 Å². The molecule has 1 aromatic rings. The number of carboxylic acid groups (broad SMARTS) is 1. The first-order valence-electron chi connectivity index (χ1n) is 6.98. The van der Waals surface area contributed by atoms with Gasteiger partial charge in [0.15, 0.2) is 0 Å². The minimum Gasteiger partial charge on any atom is -0.480 e. The first-order chi connectivity index (χ1) is 10.0. The maximum absolute atomic E-state index is 11.7. The fourth-order valence-electron chi connectivity index (χ4n) is 1.74. The Hall–Kier alpha value is -1.53. The van der Waals surface area contributed by atoms with Gasteiger partial charge < -0.3 is 16.2 Å². The fraction of sp³-hybridized carbons (Fsp3) is 0.467. The summed E-state index contributed by atoms with van der Waals surface area (Å²) in [5, 5.41) is 11.4. The van der Waals surface area contributed by atoms with Gasteiger partial charge in [0.1, 0.15) is 6.04 Å². The number of nitrogens with two attached hydrogens (primary N) is 1. The molecule has 1 aromatic carbocycles. The lowest BCUT2D eigenvalue weighted by molar-refractivity contribution is -0.138. The summed E-state index contributed by atoms with van der Waals surface area (Å²) in [7, 11) is 0. The molecule has 6 heteroatoms. The third-order valence-electron chi connectivity index (χ3n) is 2.90. The molecule has 0 aliphatic carbocycles. The molecule has 0 spiro atoms. The van der Waals surface area contributed by atoms with Gasteiger partial charge in [0.25, 0.3) is 0 Å². The van der Waals surface area contributed by atoms with Gasteiger partial charge in [0, 0.05) is 5.69 Å². The van der Waals surface area contributed by atoms with E-state index in [-0.39, 0.29) is 5.91 Å². The molecule has 0 radical (unpaired) electrons. The van der Waals surface area contributed by atoms with Gasteiger partial charge in [-0.25, -0.2) is 0 Å². The molecule has 0 heterocycles. The molecule has 116 valence electrons. The van der Waals surface area contributed by atoms with Crippen molar-refractivity contribution >= 4 is 29.3 Å². The smallest absolute Gasteiger partial charge is 0.320 e. The topological polar surface area (TPSA) is 92.4 Å². The average Bonchev–Trinajstić information content (AvgIpc) is 2.45. The van der Waals surface area contributed by atoms with E-state index in [1.165, 1.54) is 17.3 Å². The predicted octanol–water partition coefficient (Wildman–Crippen LogP) is 2.11. The van der Waals surface area contributed by atoms with Crippen LogP contribution in [0.4, 0.5) is 5.69 Å². The van der Waals surface area contributed by atoms with E-state index in [1.807, 2.05) is 24.3 Å². The summed E-state index contributed by atoms with van der Waals surface area (Å²) in [6.07, 6.45) is 2.49. The van der Waals surface area contributed by atoms with Crippen LogP contribution < -0.4 is 11.1 Å². The molecule has 0 aliphatic heterocycles. The molecular formula is C15H22N2O3S. The van der Waals surface area contributed by atoms with Crippen LogP contribution in [-0.2, 0) is 16.0 Å². The van der Waals surface area contributed by atoms with Crippen LogP contribution >= 0.6 is 11.8 Å². The van der Waals surface area contributed by atoms with Gasteiger partial charge in [-0.2, -0.15) is 11.8 Å². The summed E-state index contributed by atoms with van der Waals surface area (Å²) in [5.41, 5.74) is 7.42. The number of rotatable bonds is 9. The number of hydrogen-bond donors (Lipinski definition) is 3. The van der Waals surface area contributed by atoms with Gasteiger partial charge in [0.2, 0.25) is 5.91 Å². The Morgan fingerprint density at radius 3 is 2.57 bits per heavy atom. The number of aryl methyl sites for hydroxylation is 1. The van der Waals surface area contributed by atoms with E-state index in [9.17, 15) is 9.59 Å². The number of thioether (sulfide) groups is 1. The Morgan fingerprint density at radius 2 is 2.00 bits per heavy atom. The highest BCUT2D eigenvalue weighted by atomic mass is 32.2. The van der Waals surface area contributed by atoms with E-state index in [2.05, 4.69) is 12.2 Å². The fourth-order valence-corrected chi connectivity index (χ4v) is 2.56. The first kappa shape index (κ1) is 17.5. The van der Waals surface area contributed by atoms with Crippen LogP contribution in [0.3, 0.4) is 0 Å². The maximum Gasteiger partial charge on any atom is 0.320 e. The number of benzene rings is 1. The van der Waals surface area contributed by atoms with E-state index < -0.39 is 12.0 Å². The van der Waals surface area contributed by atoms with Crippen LogP contribution in [0.15, 0.2) is 24.3 Å². The zero-order valence-corrected chi connectivity index (χ0v) is 13.0. The molecule has 0 saturated carbocycles. The van der Waals surface area contributed by atoms with Gasteiger partial charge in [-0.15, -0.1) is 0 Å². The van der Waals surface area contributed by atoms with Crippen molar-refractivity contribution in [3.8, 4) is 0 Å². The Labute approximate surface area is 129 Å². The van der Waals surface area contributed by atoms with Crippen molar-refractivity contribution in [3.05, 3.63) is 29.8 Å². The quantitative estimate of drug-likeness (QED) is 0.608.